The Kier molecular flexibility index (Phi) is 10.9. The number of Topliss-reactive ketones (excluding diaryl/α,β-unsaturated/α-hetero) is 1. The Hall–Kier alpha value is -5.36. The molecule has 4 aliphatic carbocycles. The predicted octanol–water partition coefficient (Wildman–Crippen LogP) is 7.59. The molecule has 3 N–H and O–H groups in total. The number of carboxylic acid groups (broad SMARTS) is 2. The number of nitriles is 1. The molecule has 4 saturated carbocycles. The molecular formula is C50H57ClN8O6. The van der Waals surface area contributed by atoms with E-state index in [4.69, 9.17) is 21.6 Å². The van der Waals surface area contributed by atoms with Crippen LogP contribution in [0.1, 0.15) is 132 Å². The SMILES string of the molecule is Cn1c(C(=O)Cc2cccc(-c3cccc(NC(=O)c4nc5c(n4C)CCN(CCC46CCC(C(=O)O)(CC4)C6)C5)c3Cl)c2C#N)nc2c1CCN(CCC13CCC(C(=O)O)(CC1)C3)C2. The monoisotopic (exact) mass is 900 g/mol. The maximum Gasteiger partial charge on any atom is 0.309 e. The van der Waals surface area contributed by atoms with Gasteiger partial charge < -0.3 is 24.7 Å². The zero-order valence-electron chi connectivity index (χ0n) is 37.3. The lowest BCUT2D eigenvalue weighted by molar-refractivity contribution is -0.149. The van der Waals surface area contributed by atoms with Gasteiger partial charge in [-0.25, -0.2) is 9.97 Å². The Labute approximate surface area is 384 Å². The van der Waals surface area contributed by atoms with E-state index < -0.39 is 28.7 Å². The van der Waals surface area contributed by atoms with Gasteiger partial charge in [-0.2, -0.15) is 5.26 Å². The molecule has 10 rings (SSSR count). The molecule has 4 fully saturated rings. The van der Waals surface area contributed by atoms with Crippen LogP contribution in [-0.2, 0) is 56.0 Å². The average Bonchev–Trinajstić information content (AvgIpc) is 4.16. The summed E-state index contributed by atoms with van der Waals surface area (Å²) in [6, 6.07) is 13.0. The van der Waals surface area contributed by atoms with Crippen molar-refractivity contribution in [1.29, 1.82) is 5.26 Å². The summed E-state index contributed by atoms with van der Waals surface area (Å²) in [5.74, 6) is -1.22. The van der Waals surface area contributed by atoms with E-state index in [0.717, 1.165) is 139 Å². The third kappa shape index (κ3) is 7.48. The number of aromatic nitrogens is 4. The predicted molar refractivity (Wildman–Crippen MR) is 242 cm³/mol. The lowest BCUT2D eigenvalue weighted by Gasteiger charge is -2.32. The number of carboxylic acids is 2. The topological polar surface area (TPSA) is 187 Å². The largest absolute Gasteiger partial charge is 0.481 e. The Morgan fingerprint density at radius 1 is 0.738 bits per heavy atom. The number of ketones is 1. The van der Waals surface area contributed by atoms with E-state index in [1.54, 1.807) is 30.3 Å². The second-order valence-corrected chi connectivity index (χ2v) is 20.9. The fraction of sp³-hybridized carbons (Fsp3) is 0.540. The first-order valence-corrected chi connectivity index (χ1v) is 23.7. The number of nitrogens with zero attached hydrogens (tertiary/aromatic N) is 7. The lowest BCUT2D eigenvalue weighted by atomic mass is 9.80. The number of imidazole rings is 2. The highest BCUT2D eigenvalue weighted by molar-refractivity contribution is 6.36. The van der Waals surface area contributed by atoms with Gasteiger partial charge in [0.15, 0.2) is 11.6 Å². The molecule has 340 valence electrons. The molecule has 2 aliphatic heterocycles. The minimum Gasteiger partial charge on any atom is -0.481 e. The number of nitrogens with one attached hydrogen (secondary N) is 1. The van der Waals surface area contributed by atoms with Crippen LogP contribution in [0.15, 0.2) is 36.4 Å². The number of anilines is 1. The van der Waals surface area contributed by atoms with E-state index in [2.05, 4.69) is 21.2 Å². The van der Waals surface area contributed by atoms with E-state index in [-0.39, 0.29) is 33.9 Å². The summed E-state index contributed by atoms with van der Waals surface area (Å²) in [5.41, 5.74) is 5.37. The zero-order chi connectivity index (χ0) is 45.5. The molecule has 1 amide bonds. The molecule has 2 aromatic carbocycles. The number of benzene rings is 2. The van der Waals surface area contributed by atoms with Crippen LogP contribution >= 0.6 is 11.6 Å². The normalized spacial score (nSPS) is 26.8. The van der Waals surface area contributed by atoms with Crippen LogP contribution in [0.5, 0.6) is 0 Å². The third-order valence-electron chi connectivity index (χ3n) is 17.1. The number of hydrogen-bond acceptors (Lipinski definition) is 9. The summed E-state index contributed by atoms with van der Waals surface area (Å²) in [5, 5.41) is 33.5. The molecule has 6 aliphatic rings. The standard InChI is InChI=1S/C50H57ClN8O6/c1-56-38-9-21-58(23-19-47-11-15-49(29-47,16-12-47)45(62)63)27-36(38)53-42(56)40(60)25-31-5-3-6-32(34(31)26-52)33-7-4-8-35(41(33)51)55-44(61)43-54-37-28-59(22-10-39(37)57(43)2)24-20-48-13-17-50(30-48,18-14-48)46(64)65/h3-8H,9-25,27-30H2,1-2H3,(H,55,61)(H,62,63)(H,64,65). The number of carbonyl (C=O) groups excluding carboxylic acids is 2. The molecule has 0 spiro atoms. The maximum atomic E-state index is 14.0. The summed E-state index contributed by atoms with van der Waals surface area (Å²) in [4.78, 5) is 66.3. The second-order valence-electron chi connectivity index (χ2n) is 20.5. The van der Waals surface area contributed by atoms with Gasteiger partial charge in [-0.3, -0.25) is 29.0 Å². The van der Waals surface area contributed by atoms with Crippen LogP contribution < -0.4 is 5.32 Å². The van der Waals surface area contributed by atoms with Crippen LogP contribution in [0, 0.1) is 33.0 Å². The van der Waals surface area contributed by atoms with Crippen molar-refractivity contribution in [2.24, 2.45) is 35.8 Å². The summed E-state index contributed by atoms with van der Waals surface area (Å²) in [7, 11) is 3.74. The van der Waals surface area contributed by atoms with Gasteiger partial charge in [0.2, 0.25) is 5.78 Å². The minimum atomic E-state index is -0.637. The Balaban J connectivity index is 0.792. The van der Waals surface area contributed by atoms with Crippen LogP contribution in [0.25, 0.3) is 11.1 Å². The summed E-state index contributed by atoms with van der Waals surface area (Å²) in [6.07, 6.45) is 12.1. The molecule has 14 nitrogen and oxygen atoms in total. The molecule has 0 radical (unpaired) electrons. The summed E-state index contributed by atoms with van der Waals surface area (Å²) in [6.45, 7) is 4.72. The molecular weight excluding hydrogens is 844 g/mol. The molecule has 4 bridgehead atoms. The number of carbonyl (C=O) groups is 4. The first-order valence-electron chi connectivity index (χ1n) is 23.3. The van der Waals surface area contributed by atoms with Gasteiger partial charge in [-0.15, -0.1) is 0 Å². The van der Waals surface area contributed by atoms with Gasteiger partial charge in [-0.1, -0.05) is 41.9 Å². The quantitative estimate of drug-likeness (QED) is 0.106. The van der Waals surface area contributed by atoms with E-state index in [9.17, 15) is 34.7 Å². The highest BCUT2D eigenvalue weighted by atomic mass is 35.5. The fourth-order valence-electron chi connectivity index (χ4n) is 13.1. The van der Waals surface area contributed by atoms with Crippen molar-refractivity contribution in [2.45, 2.75) is 109 Å². The first kappa shape index (κ1) is 43.5. The average molecular weight is 902 g/mol. The van der Waals surface area contributed by atoms with Gasteiger partial charge in [-0.05, 0) is 113 Å². The van der Waals surface area contributed by atoms with Crippen molar-refractivity contribution in [3.05, 3.63) is 87.0 Å². The van der Waals surface area contributed by atoms with Crippen LogP contribution in [0.2, 0.25) is 5.02 Å². The second kappa shape index (κ2) is 16.2. The van der Waals surface area contributed by atoms with Gasteiger partial charge in [0.1, 0.15) is 6.07 Å². The molecule has 0 atom stereocenters. The smallest absolute Gasteiger partial charge is 0.309 e. The maximum absolute atomic E-state index is 14.0. The van der Waals surface area contributed by atoms with E-state index in [0.29, 0.717) is 46.9 Å². The molecule has 15 heteroatoms. The molecule has 4 aromatic rings. The highest BCUT2D eigenvalue weighted by Crippen LogP contribution is 2.64. The van der Waals surface area contributed by atoms with E-state index in [1.807, 2.05) is 29.3 Å². The number of halogens is 1. The highest BCUT2D eigenvalue weighted by Gasteiger charge is 2.59. The number of hydrogen-bond donors (Lipinski definition) is 3. The number of amides is 1. The van der Waals surface area contributed by atoms with Crippen molar-refractivity contribution in [2.75, 3.05) is 31.5 Å². The minimum absolute atomic E-state index is 0.0282. The first-order chi connectivity index (χ1) is 31.2. The summed E-state index contributed by atoms with van der Waals surface area (Å²) >= 11 is 7.05. The van der Waals surface area contributed by atoms with Crippen LogP contribution in [0.3, 0.4) is 0 Å². The third-order valence-corrected chi connectivity index (χ3v) is 17.5. The number of aliphatic carboxylic acids is 2. The van der Waals surface area contributed by atoms with E-state index >= 15 is 0 Å². The van der Waals surface area contributed by atoms with Gasteiger partial charge in [0, 0.05) is 82.1 Å². The molecule has 0 unspecified atom stereocenters. The van der Waals surface area contributed by atoms with Gasteiger partial charge >= 0.3 is 11.9 Å². The number of rotatable bonds is 14. The Bertz CT molecular complexity index is 2680. The summed E-state index contributed by atoms with van der Waals surface area (Å²) < 4.78 is 3.75. The van der Waals surface area contributed by atoms with Crippen molar-refractivity contribution in [3.8, 4) is 17.2 Å². The molecule has 4 heterocycles. The fourth-order valence-corrected chi connectivity index (χ4v) is 13.4. The molecule has 2 aromatic heterocycles. The number of fused-ring (bicyclic) bond motifs is 6. The van der Waals surface area contributed by atoms with E-state index in [1.165, 1.54) is 0 Å². The van der Waals surface area contributed by atoms with Crippen molar-refractivity contribution >= 4 is 40.9 Å². The molecule has 65 heavy (non-hydrogen) atoms. The van der Waals surface area contributed by atoms with Crippen LogP contribution in [-0.4, -0.2) is 88.9 Å². The van der Waals surface area contributed by atoms with Crippen molar-refractivity contribution < 1.29 is 29.4 Å². The zero-order valence-corrected chi connectivity index (χ0v) is 38.1. The molecule has 0 saturated heterocycles. The van der Waals surface area contributed by atoms with Crippen molar-refractivity contribution in [3.63, 3.8) is 0 Å². The Morgan fingerprint density at radius 2 is 1.25 bits per heavy atom. The lowest BCUT2D eigenvalue weighted by Crippen LogP contribution is -2.34. The van der Waals surface area contributed by atoms with Crippen LogP contribution in [0.4, 0.5) is 5.69 Å². The van der Waals surface area contributed by atoms with Gasteiger partial charge in [0.25, 0.3) is 5.91 Å². The van der Waals surface area contributed by atoms with Crippen molar-refractivity contribution in [1.82, 2.24) is 28.9 Å². The van der Waals surface area contributed by atoms with Gasteiger partial charge in [0.05, 0.1) is 38.5 Å². The Morgan fingerprint density at radius 3 is 1.77 bits per heavy atom.